The van der Waals surface area contributed by atoms with Crippen molar-refractivity contribution in [3.8, 4) is 5.75 Å². The average molecular weight is 338 g/mol. The maximum atomic E-state index is 12.5. The Hall–Kier alpha value is -1.60. The maximum Gasteiger partial charge on any atom is 0.415 e. The van der Waals surface area contributed by atoms with E-state index >= 15 is 0 Å². The van der Waals surface area contributed by atoms with Gasteiger partial charge in [-0.3, -0.25) is 0 Å². The molecule has 0 bridgehead atoms. The van der Waals surface area contributed by atoms with Crippen molar-refractivity contribution in [2.45, 2.75) is 30.9 Å². The second-order valence-electron chi connectivity index (χ2n) is 6.02. The molecular formula is C16H22N2O4S. The van der Waals surface area contributed by atoms with E-state index in [-0.39, 0.29) is 5.25 Å². The van der Waals surface area contributed by atoms with Crippen LogP contribution >= 0.6 is 0 Å². The van der Waals surface area contributed by atoms with E-state index in [4.69, 9.17) is 4.74 Å². The first kappa shape index (κ1) is 16.3. The Morgan fingerprint density at radius 3 is 2.22 bits per heavy atom. The molecule has 0 spiro atoms. The van der Waals surface area contributed by atoms with Crippen LogP contribution in [0.2, 0.25) is 0 Å². The molecule has 23 heavy (non-hydrogen) atoms. The molecule has 1 saturated carbocycles. The van der Waals surface area contributed by atoms with Crippen molar-refractivity contribution < 1.29 is 17.9 Å². The van der Waals surface area contributed by atoms with Crippen LogP contribution in [0.3, 0.4) is 0 Å². The van der Waals surface area contributed by atoms with Gasteiger partial charge in [0.1, 0.15) is 5.75 Å². The van der Waals surface area contributed by atoms with E-state index in [1.165, 1.54) is 4.31 Å². The van der Waals surface area contributed by atoms with Crippen LogP contribution in [0, 0.1) is 0 Å². The molecule has 1 amide bonds. The molecule has 2 aliphatic rings. The maximum absolute atomic E-state index is 12.5. The van der Waals surface area contributed by atoms with Crippen molar-refractivity contribution in [1.29, 1.82) is 0 Å². The number of carbonyl (C=O) groups is 1. The number of sulfonamides is 1. The first-order chi connectivity index (χ1) is 11.1. The number of para-hydroxylation sites is 1. The Labute approximate surface area is 137 Å². The molecule has 1 heterocycles. The fourth-order valence-electron chi connectivity index (χ4n) is 3.18. The molecule has 1 aliphatic carbocycles. The molecule has 1 aliphatic heterocycles. The van der Waals surface area contributed by atoms with Crippen molar-refractivity contribution in [1.82, 2.24) is 9.21 Å². The third kappa shape index (κ3) is 3.67. The summed E-state index contributed by atoms with van der Waals surface area (Å²) in [7, 11) is -3.22. The van der Waals surface area contributed by atoms with Crippen LogP contribution in [0.25, 0.3) is 0 Å². The summed E-state index contributed by atoms with van der Waals surface area (Å²) in [6.45, 7) is 1.45. The second-order valence-corrected chi connectivity index (χ2v) is 8.23. The third-order valence-electron chi connectivity index (χ3n) is 4.53. The van der Waals surface area contributed by atoms with Gasteiger partial charge in [-0.1, -0.05) is 31.0 Å². The zero-order valence-corrected chi connectivity index (χ0v) is 13.9. The lowest BCUT2D eigenvalue weighted by Crippen LogP contribution is -2.52. The molecule has 1 saturated heterocycles. The van der Waals surface area contributed by atoms with E-state index in [1.807, 2.05) is 6.07 Å². The second kappa shape index (κ2) is 6.88. The van der Waals surface area contributed by atoms with E-state index in [2.05, 4.69) is 0 Å². The lowest BCUT2D eigenvalue weighted by atomic mass is 10.3. The largest absolute Gasteiger partial charge is 0.415 e. The number of amides is 1. The van der Waals surface area contributed by atoms with Crippen LogP contribution < -0.4 is 4.74 Å². The summed E-state index contributed by atoms with van der Waals surface area (Å²) >= 11 is 0. The number of piperazine rings is 1. The van der Waals surface area contributed by atoms with Crippen molar-refractivity contribution >= 4 is 16.1 Å². The molecule has 2 fully saturated rings. The summed E-state index contributed by atoms with van der Waals surface area (Å²) < 4.78 is 31.9. The number of carbonyl (C=O) groups excluding carboxylic acids is 1. The first-order valence-corrected chi connectivity index (χ1v) is 9.58. The smallest absolute Gasteiger partial charge is 0.410 e. The van der Waals surface area contributed by atoms with Crippen molar-refractivity contribution in [2.75, 3.05) is 26.2 Å². The zero-order chi connectivity index (χ0) is 16.3. The highest BCUT2D eigenvalue weighted by Gasteiger charge is 2.36. The highest BCUT2D eigenvalue weighted by atomic mass is 32.2. The molecule has 0 atom stereocenters. The number of rotatable bonds is 3. The molecule has 7 heteroatoms. The zero-order valence-electron chi connectivity index (χ0n) is 13.1. The Balaban J connectivity index is 1.55. The number of benzene rings is 1. The highest BCUT2D eigenvalue weighted by Crippen LogP contribution is 2.27. The van der Waals surface area contributed by atoms with Crippen molar-refractivity contribution in [2.24, 2.45) is 0 Å². The Morgan fingerprint density at radius 1 is 1.00 bits per heavy atom. The van der Waals surface area contributed by atoms with Crippen molar-refractivity contribution in [3.05, 3.63) is 30.3 Å². The fraction of sp³-hybridized carbons (Fsp3) is 0.562. The van der Waals surface area contributed by atoms with E-state index in [9.17, 15) is 13.2 Å². The van der Waals surface area contributed by atoms with Gasteiger partial charge in [0.05, 0.1) is 5.25 Å². The standard InChI is InChI=1S/C16H22N2O4S/c19-16(22-14-6-2-1-3-7-14)17-10-12-18(13-11-17)23(20,21)15-8-4-5-9-15/h1-3,6-7,15H,4-5,8-13H2. The topological polar surface area (TPSA) is 66.9 Å². The first-order valence-electron chi connectivity index (χ1n) is 8.08. The predicted octanol–water partition coefficient (Wildman–Crippen LogP) is 2.08. The van der Waals surface area contributed by atoms with Crippen LogP contribution in [-0.2, 0) is 10.0 Å². The SMILES string of the molecule is O=C(Oc1ccccc1)N1CCN(S(=O)(=O)C2CCCC2)CC1. The molecule has 3 rings (SSSR count). The van der Waals surface area contributed by atoms with Crippen LogP contribution in [0.4, 0.5) is 4.79 Å². The van der Waals surface area contributed by atoms with Gasteiger partial charge in [-0.05, 0) is 25.0 Å². The van der Waals surface area contributed by atoms with Gasteiger partial charge in [-0.25, -0.2) is 13.2 Å². The van der Waals surface area contributed by atoms with Gasteiger partial charge in [0, 0.05) is 26.2 Å². The lowest BCUT2D eigenvalue weighted by molar-refractivity contribution is 0.132. The molecule has 1 aromatic carbocycles. The Kier molecular flexibility index (Phi) is 4.87. The van der Waals surface area contributed by atoms with Gasteiger partial charge in [0.25, 0.3) is 0 Å². The molecule has 1 aromatic rings. The van der Waals surface area contributed by atoms with Gasteiger partial charge >= 0.3 is 6.09 Å². The van der Waals surface area contributed by atoms with Crippen LogP contribution in [-0.4, -0.2) is 55.1 Å². The Morgan fingerprint density at radius 2 is 1.61 bits per heavy atom. The minimum Gasteiger partial charge on any atom is -0.410 e. The highest BCUT2D eigenvalue weighted by molar-refractivity contribution is 7.89. The summed E-state index contributed by atoms with van der Waals surface area (Å²) in [5, 5.41) is -0.231. The molecule has 126 valence electrons. The molecule has 0 N–H and O–H groups in total. The normalized spacial score (nSPS) is 20.6. The average Bonchev–Trinajstić information content (AvgIpc) is 3.11. The van der Waals surface area contributed by atoms with E-state index < -0.39 is 16.1 Å². The van der Waals surface area contributed by atoms with Crippen LogP contribution in [0.15, 0.2) is 30.3 Å². The number of ether oxygens (including phenoxy) is 1. The van der Waals surface area contributed by atoms with Gasteiger partial charge in [0.15, 0.2) is 0 Å². The third-order valence-corrected chi connectivity index (χ3v) is 6.93. The summed E-state index contributed by atoms with van der Waals surface area (Å²) in [6.07, 6.45) is 3.09. The number of hydrogen-bond donors (Lipinski definition) is 0. The van der Waals surface area contributed by atoms with Gasteiger partial charge in [-0.15, -0.1) is 0 Å². The Bertz CT molecular complexity index is 633. The molecular weight excluding hydrogens is 316 g/mol. The summed E-state index contributed by atoms with van der Waals surface area (Å²) in [4.78, 5) is 13.7. The molecule has 6 nitrogen and oxygen atoms in total. The minimum atomic E-state index is -3.22. The summed E-state index contributed by atoms with van der Waals surface area (Å²) in [5.74, 6) is 0.499. The van der Waals surface area contributed by atoms with E-state index in [0.717, 1.165) is 25.7 Å². The van der Waals surface area contributed by atoms with E-state index in [0.29, 0.717) is 31.9 Å². The van der Waals surface area contributed by atoms with Crippen LogP contribution in [0.5, 0.6) is 5.75 Å². The summed E-state index contributed by atoms with van der Waals surface area (Å²) in [5.41, 5.74) is 0. The molecule has 0 aromatic heterocycles. The summed E-state index contributed by atoms with van der Waals surface area (Å²) in [6, 6.07) is 8.89. The van der Waals surface area contributed by atoms with E-state index in [1.54, 1.807) is 29.2 Å². The monoisotopic (exact) mass is 338 g/mol. The van der Waals surface area contributed by atoms with Crippen LogP contribution in [0.1, 0.15) is 25.7 Å². The predicted molar refractivity (Wildman–Crippen MR) is 86.8 cm³/mol. The number of nitrogens with zero attached hydrogens (tertiary/aromatic N) is 2. The quantitative estimate of drug-likeness (QED) is 0.846. The molecule has 0 radical (unpaired) electrons. The minimum absolute atomic E-state index is 0.231. The van der Waals surface area contributed by atoms with Gasteiger partial charge in [0.2, 0.25) is 10.0 Å². The molecule has 0 unspecified atom stereocenters. The lowest BCUT2D eigenvalue weighted by Gasteiger charge is -2.34. The number of hydrogen-bond acceptors (Lipinski definition) is 4. The fourth-order valence-corrected chi connectivity index (χ4v) is 5.20. The van der Waals surface area contributed by atoms with Gasteiger partial charge < -0.3 is 9.64 Å². The van der Waals surface area contributed by atoms with Gasteiger partial charge in [-0.2, -0.15) is 4.31 Å². The van der Waals surface area contributed by atoms with Crippen molar-refractivity contribution in [3.63, 3.8) is 0 Å².